The topological polar surface area (TPSA) is 111 Å². The van der Waals surface area contributed by atoms with E-state index in [-0.39, 0.29) is 48.1 Å². The van der Waals surface area contributed by atoms with E-state index in [1.807, 2.05) is 0 Å². The van der Waals surface area contributed by atoms with Crippen molar-refractivity contribution >= 4 is 30.8 Å². The third-order valence-electron chi connectivity index (χ3n) is 8.04. The van der Waals surface area contributed by atoms with Crippen LogP contribution in [0.2, 0.25) is 0 Å². The predicted molar refractivity (Wildman–Crippen MR) is 123 cm³/mol. The highest BCUT2D eigenvalue weighted by atomic mass is 35.5. The lowest BCUT2D eigenvalue weighted by atomic mass is 9.51. The summed E-state index contributed by atoms with van der Waals surface area (Å²) in [5, 5.41) is 33.5. The number of benzene rings is 1. The Morgan fingerprint density at radius 1 is 1.38 bits per heavy atom. The Kier molecular flexibility index (Phi) is 6.86. The molecule has 4 N–H and O–H groups in total. The molecule has 32 heavy (non-hydrogen) atoms. The van der Waals surface area contributed by atoms with Crippen molar-refractivity contribution in [3.8, 4) is 17.2 Å². The van der Waals surface area contributed by atoms with Crippen LogP contribution in [0.1, 0.15) is 37.3 Å². The van der Waals surface area contributed by atoms with Gasteiger partial charge in [0, 0.05) is 34.7 Å². The zero-order valence-corrected chi connectivity index (χ0v) is 20.0. The number of rotatable bonds is 5. The number of hydrogen-bond donors (Lipinski definition) is 4. The van der Waals surface area contributed by atoms with Crippen molar-refractivity contribution in [2.75, 3.05) is 20.7 Å². The van der Waals surface area contributed by atoms with E-state index in [1.54, 1.807) is 13.2 Å². The quantitative estimate of drug-likeness (QED) is 0.493. The van der Waals surface area contributed by atoms with Crippen molar-refractivity contribution in [3.05, 3.63) is 17.2 Å². The van der Waals surface area contributed by atoms with Gasteiger partial charge in [-0.1, -0.05) is 0 Å². The minimum Gasteiger partial charge on any atom is -0.504 e. The molecule has 180 valence electrons. The maximum Gasteiger partial charge on any atom is 0.323 e. The summed E-state index contributed by atoms with van der Waals surface area (Å²) in [5.74, 6) is 0.594. The second-order valence-electron chi connectivity index (χ2n) is 9.38. The molecule has 2 aliphatic heterocycles. The minimum atomic E-state index is -1.07. The third kappa shape index (κ3) is 3.26. The number of methoxy groups -OCH3 is 1. The number of nitrogens with zero attached hydrogens (tertiary/aromatic N) is 1. The highest BCUT2D eigenvalue weighted by Crippen LogP contribution is 2.65. The average Bonchev–Trinajstić information content (AvgIpc) is 3.05. The van der Waals surface area contributed by atoms with E-state index in [9.17, 15) is 20.1 Å². The van der Waals surface area contributed by atoms with Gasteiger partial charge in [0.2, 0.25) is 0 Å². The number of aliphatic carboxylic acids is 1. The molecule has 5 rings (SSSR count). The molecule has 0 aromatic heterocycles. The molecule has 1 aromatic carbocycles. The lowest BCUT2D eigenvalue weighted by Crippen LogP contribution is -2.69. The summed E-state index contributed by atoms with van der Waals surface area (Å²) in [7, 11) is 3.79. The molecule has 7 atom stereocenters. The van der Waals surface area contributed by atoms with Gasteiger partial charge in [-0.2, -0.15) is 0 Å². The van der Waals surface area contributed by atoms with Crippen LogP contribution in [-0.2, 0) is 16.6 Å². The standard InChI is InChI=1S/C22H30N2O6.2ClH/c1-10(25)18(21(27)28)23-13-5-4-12-14-8-11-16(29-3)9-15(26)19-17(11)22(12,20(13)30-19)6-7-24(14)2;;/h9-10,12-14,18,20,23,25-26H,4-8H2,1-3H3,(H,27,28);2*1H/t10-,12+,13-,14-,18+,20+,22+;;/m1../s1. The first-order chi connectivity index (χ1) is 14.3. The number of phenols is 1. The summed E-state index contributed by atoms with van der Waals surface area (Å²) in [5.41, 5.74) is 1.88. The number of aliphatic hydroxyl groups is 1. The molecule has 0 unspecified atom stereocenters. The van der Waals surface area contributed by atoms with Crippen molar-refractivity contribution in [1.82, 2.24) is 10.2 Å². The fourth-order valence-electron chi connectivity index (χ4n) is 6.79. The van der Waals surface area contributed by atoms with Crippen LogP contribution in [0.15, 0.2) is 6.07 Å². The van der Waals surface area contributed by atoms with Crippen LogP contribution >= 0.6 is 24.8 Å². The number of carboxylic acids is 1. The van der Waals surface area contributed by atoms with Gasteiger partial charge >= 0.3 is 5.97 Å². The number of piperidine rings is 1. The number of phenolic OH excluding ortho intramolecular Hbond substituents is 1. The highest BCUT2D eigenvalue weighted by Gasteiger charge is 2.66. The lowest BCUT2D eigenvalue weighted by Gasteiger charge is -2.59. The highest BCUT2D eigenvalue weighted by molar-refractivity contribution is 5.85. The Labute approximate surface area is 200 Å². The molecular weight excluding hydrogens is 459 g/mol. The van der Waals surface area contributed by atoms with E-state index < -0.39 is 18.1 Å². The molecule has 2 aliphatic carbocycles. The molecule has 10 heteroatoms. The van der Waals surface area contributed by atoms with Gasteiger partial charge in [-0.15, -0.1) is 24.8 Å². The summed E-state index contributed by atoms with van der Waals surface area (Å²) in [6, 6.07) is 0.694. The number of hydrogen-bond acceptors (Lipinski definition) is 7. The third-order valence-corrected chi connectivity index (χ3v) is 8.04. The molecule has 1 saturated heterocycles. The smallest absolute Gasteiger partial charge is 0.323 e. The van der Waals surface area contributed by atoms with Gasteiger partial charge in [0.25, 0.3) is 0 Å². The van der Waals surface area contributed by atoms with Crippen LogP contribution in [0.4, 0.5) is 0 Å². The number of nitrogens with one attached hydrogen (secondary N) is 1. The number of likely N-dealkylation sites (N-methyl/N-ethyl adjacent to an activating group) is 1. The summed E-state index contributed by atoms with van der Waals surface area (Å²) in [4.78, 5) is 14.1. The Hall–Kier alpha value is -1.45. The molecule has 0 amide bonds. The van der Waals surface area contributed by atoms with Crippen molar-refractivity contribution in [1.29, 1.82) is 0 Å². The number of halogens is 2. The number of ether oxygens (including phenoxy) is 2. The van der Waals surface area contributed by atoms with Crippen LogP contribution in [-0.4, -0.2) is 77.2 Å². The van der Waals surface area contributed by atoms with Gasteiger partial charge < -0.3 is 29.7 Å². The summed E-state index contributed by atoms with van der Waals surface area (Å²) < 4.78 is 12.1. The molecule has 8 nitrogen and oxygen atoms in total. The first kappa shape index (κ1) is 25.2. The molecule has 4 aliphatic rings. The van der Waals surface area contributed by atoms with Gasteiger partial charge in [-0.05, 0) is 52.1 Å². The molecule has 2 bridgehead atoms. The van der Waals surface area contributed by atoms with E-state index in [4.69, 9.17) is 9.47 Å². The lowest BCUT2D eigenvalue weighted by molar-refractivity contribution is -0.143. The molecule has 2 fully saturated rings. The second-order valence-corrected chi connectivity index (χ2v) is 9.38. The van der Waals surface area contributed by atoms with Crippen LogP contribution in [0.3, 0.4) is 0 Å². The molecule has 1 spiro atoms. The maximum atomic E-state index is 11.7. The van der Waals surface area contributed by atoms with Crippen LogP contribution in [0, 0.1) is 5.92 Å². The second kappa shape index (κ2) is 8.72. The number of carbonyl (C=O) groups is 1. The van der Waals surface area contributed by atoms with E-state index in [1.165, 1.54) is 6.92 Å². The number of aliphatic hydroxyl groups excluding tert-OH is 1. The van der Waals surface area contributed by atoms with E-state index in [2.05, 4.69) is 17.3 Å². The van der Waals surface area contributed by atoms with Crippen molar-refractivity contribution < 1.29 is 29.6 Å². The van der Waals surface area contributed by atoms with E-state index in [0.717, 1.165) is 43.4 Å². The number of carboxylic acid groups (broad SMARTS) is 1. The number of aromatic hydroxyl groups is 1. The van der Waals surface area contributed by atoms with Gasteiger partial charge in [0.15, 0.2) is 11.5 Å². The Balaban J connectivity index is 0.00000144. The van der Waals surface area contributed by atoms with Crippen LogP contribution in [0.25, 0.3) is 0 Å². The van der Waals surface area contributed by atoms with Crippen molar-refractivity contribution in [2.45, 2.75) is 68.4 Å². The Bertz CT molecular complexity index is 900. The Morgan fingerprint density at radius 3 is 2.72 bits per heavy atom. The zero-order chi connectivity index (χ0) is 21.4. The molecule has 1 saturated carbocycles. The SMILES string of the molecule is COc1cc(O)c2c3c1C[C@@H]1[C@@H]4CC[C@@H](N[C@H](C(=O)O)[C@@H](C)O)[C@H](O2)[C@]34CCN1C.Cl.Cl. The molecular formula is C22H32Cl2N2O6. The minimum absolute atomic E-state index is 0. The Morgan fingerprint density at radius 2 is 2.09 bits per heavy atom. The zero-order valence-electron chi connectivity index (χ0n) is 18.4. The first-order valence-electron chi connectivity index (χ1n) is 10.8. The fraction of sp³-hybridized carbons (Fsp3) is 0.682. The summed E-state index contributed by atoms with van der Waals surface area (Å²) >= 11 is 0. The fourth-order valence-corrected chi connectivity index (χ4v) is 6.79. The van der Waals surface area contributed by atoms with Crippen LogP contribution in [0.5, 0.6) is 17.2 Å². The van der Waals surface area contributed by atoms with Crippen LogP contribution < -0.4 is 14.8 Å². The first-order valence-corrected chi connectivity index (χ1v) is 10.8. The summed E-state index contributed by atoms with van der Waals surface area (Å²) in [6.07, 6.45) is 2.12. The van der Waals surface area contributed by atoms with E-state index >= 15 is 0 Å². The molecule has 0 radical (unpaired) electrons. The average molecular weight is 491 g/mol. The largest absolute Gasteiger partial charge is 0.504 e. The van der Waals surface area contributed by atoms with Crippen molar-refractivity contribution in [3.63, 3.8) is 0 Å². The summed E-state index contributed by atoms with van der Waals surface area (Å²) in [6.45, 7) is 2.41. The monoisotopic (exact) mass is 490 g/mol. The normalized spacial score (nSPS) is 33.6. The van der Waals surface area contributed by atoms with Crippen molar-refractivity contribution in [2.24, 2.45) is 5.92 Å². The predicted octanol–water partition coefficient (Wildman–Crippen LogP) is 1.71. The van der Waals surface area contributed by atoms with Gasteiger partial charge in [0.05, 0.1) is 13.2 Å². The molecule has 1 aromatic rings. The molecule has 2 heterocycles. The maximum absolute atomic E-state index is 11.7. The van der Waals surface area contributed by atoms with E-state index in [0.29, 0.717) is 23.5 Å². The van der Waals surface area contributed by atoms with Gasteiger partial charge in [-0.25, -0.2) is 0 Å². The van der Waals surface area contributed by atoms with Gasteiger partial charge in [-0.3, -0.25) is 10.1 Å². The van der Waals surface area contributed by atoms with Gasteiger partial charge in [0.1, 0.15) is 17.9 Å². The number of likely N-dealkylation sites (tertiary alicyclic amines) is 1.